The van der Waals surface area contributed by atoms with Crippen LogP contribution >= 0.6 is 27.7 Å². The summed E-state index contributed by atoms with van der Waals surface area (Å²) < 4.78 is 0.928. The van der Waals surface area contributed by atoms with E-state index in [4.69, 9.17) is 16.7 Å². The molecule has 0 aliphatic rings. The second kappa shape index (κ2) is 5.47. The third kappa shape index (κ3) is 2.64. The van der Waals surface area contributed by atoms with E-state index in [0.29, 0.717) is 5.69 Å². The van der Waals surface area contributed by atoms with Gasteiger partial charge in [-0.2, -0.15) is 10.2 Å². The van der Waals surface area contributed by atoms with Gasteiger partial charge in [-0.3, -0.25) is 0 Å². The quantitative estimate of drug-likeness (QED) is 0.818. The molecule has 7 heteroatoms. The fourth-order valence-electron chi connectivity index (χ4n) is 1.63. The SMILES string of the molecule is CSc1ccc(-c2nc(N)nc(N)c2C#N)cc1Br. The Morgan fingerprint density at radius 2 is 2.05 bits per heavy atom. The van der Waals surface area contributed by atoms with E-state index in [2.05, 4.69) is 25.9 Å². The van der Waals surface area contributed by atoms with Crippen molar-refractivity contribution in [2.75, 3.05) is 17.7 Å². The van der Waals surface area contributed by atoms with Crippen molar-refractivity contribution in [2.24, 2.45) is 0 Å². The fraction of sp³-hybridized carbons (Fsp3) is 0.0833. The van der Waals surface area contributed by atoms with Gasteiger partial charge in [-0.15, -0.1) is 11.8 Å². The molecule has 0 unspecified atom stereocenters. The number of thioether (sulfide) groups is 1. The highest BCUT2D eigenvalue weighted by molar-refractivity contribution is 9.10. The summed E-state index contributed by atoms with van der Waals surface area (Å²) in [6, 6.07) is 7.71. The maximum atomic E-state index is 9.15. The van der Waals surface area contributed by atoms with E-state index >= 15 is 0 Å². The molecule has 1 heterocycles. The Labute approximate surface area is 123 Å². The predicted octanol–water partition coefficient (Wildman–Crippen LogP) is 2.66. The minimum absolute atomic E-state index is 0.0524. The first-order valence-corrected chi connectivity index (χ1v) is 7.25. The molecule has 1 aromatic carbocycles. The molecule has 0 fully saturated rings. The second-order valence-corrected chi connectivity index (χ2v) is 5.35. The number of hydrogen-bond donors (Lipinski definition) is 2. The lowest BCUT2D eigenvalue weighted by Gasteiger charge is -2.08. The predicted molar refractivity (Wildman–Crippen MR) is 80.5 cm³/mol. The maximum absolute atomic E-state index is 9.15. The Balaban J connectivity index is 2.65. The molecule has 2 aromatic rings. The van der Waals surface area contributed by atoms with E-state index in [0.717, 1.165) is 14.9 Å². The summed E-state index contributed by atoms with van der Waals surface area (Å²) in [5.74, 6) is 0.145. The Morgan fingerprint density at radius 3 is 2.63 bits per heavy atom. The lowest BCUT2D eigenvalue weighted by Crippen LogP contribution is -2.04. The fourth-order valence-corrected chi connectivity index (χ4v) is 2.95. The van der Waals surface area contributed by atoms with Gasteiger partial charge in [-0.05, 0) is 34.3 Å². The van der Waals surface area contributed by atoms with Crippen molar-refractivity contribution >= 4 is 39.5 Å². The molecule has 96 valence electrons. The van der Waals surface area contributed by atoms with Gasteiger partial charge in [-0.25, -0.2) is 4.98 Å². The van der Waals surface area contributed by atoms with Crippen LogP contribution in [0, 0.1) is 11.3 Å². The number of benzene rings is 1. The van der Waals surface area contributed by atoms with Crippen LogP contribution in [0.2, 0.25) is 0 Å². The number of nitrogens with two attached hydrogens (primary N) is 2. The van der Waals surface area contributed by atoms with Crippen molar-refractivity contribution in [1.29, 1.82) is 5.26 Å². The zero-order valence-corrected chi connectivity index (χ0v) is 12.4. The van der Waals surface area contributed by atoms with Crippen molar-refractivity contribution in [3.8, 4) is 17.3 Å². The minimum Gasteiger partial charge on any atom is -0.382 e. The summed E-state index contributed by atoms with van der Waals surface area (Å²) >= 11 is 5.10. The third-order valence-electron chi connectivity index (χ3n) is 2.49. The van der Waals surface area contributed by atoms with Crippen molar-refractivity contribution in [2.45, 2.75) is 4.90 Å². The Hall–Kier alpha value is -1.78. The van der Waals surface area contributed by atoms with Crippen molar-refractivity contribution < 1.29 is 0 Å². The molecule has 0 saturated heterocycles. The van der Waals surface area contributed by atoms with Crippen LogP contribution in [0.4, 0.5) is 11.8 Å². The Kier molecular flexibility index (Phi) is 3.93. The smallest absolute Gasteiger partial charge is 0.222 e. The molecule has 4 N–H and O–H groups in total. The van der Waals surface area contributed by atoms with Gasteiger partial charge in [0.2, 0.25) is 5.95 Å². The van der Waals surface area contributed by atoms with Crippen molar-refractivity contribution in [1.82, 2.24) is 9.97 Å². The van der Waals surface area contributed by atoms with Gasteiger partial charge >= 0.3 is 0 Å². The molecular formula is C12H10BrN5S. The first-order valence-electron chi connectivity index (χ1n) is 5.23. The molecular weight excluding hydrogens is 326 g/mol. The van der Waals surface area contributed by atoms with Crippen molar-refractivity contribution in [3.63, 3.8) is 0 Å². The van der Waals surface area contributed by atoms with E-state index in [1.54, 1.807) is 11.8 Å². The topological polar surface area (TPSA) is 102 Å². The van der Waals surface area contributed by atoms with Gasteiger partial charge in [0.25, 0.3) is 0 Å². The van der Waals surface area contributed by atoms with E-state index in [-0.39, 0.29) is 17.3 Å². The van der Waals surface area contributed by atoms with Gasteiger partial charge in [0, 0.05) is 14.9 Å². The normalized spacial score (nSPS) is 10.2. The lowest BCUT2D eigenvalue weighted by molar-refractivity contribution is 1.18. The van der Waals surface area contributed by atoms with Gasteiger partial charge in [0.05, 0.1) is 5.69 Å². The number of hydrogen-bond acceptors (Lipinski definition) is 6. The van der Waals surface area contributed by atoms with Gasteiger partial charge in [0.1, 0.15) is 17.5 Å². The zero-order chi connectivity index (χ0) is 14.0. The number of halogens is 1. The summed E-state index contributed by atoms with van der Waals surface area (Å²) in [4.78, 5) is 9.00. The Bertz CT molecular complexity index is 681. The van der Waals surface area contributed by atoms with Crippen LogP contribution in [0.5, 0.6) is 0 Å². The van der Waals surface area contributed by atoms with E-state index in [9.17, 15) is 0 Å². The molecule has 1 aromatic heterocycles. The van der Waals surface area contributed by atoms with Crippen LogP contribution in [0.25, 0.3) is 11.3 Å². The molecule has 0 amide bonds. The van der Waals surface area contributed by atoms with Crippen LogP contribution < -0.4 is 11.5 Å². The minimum atomic E-state index is 0.0524. The zero-order valence-electron chi connectivity index (χ0n) is 10.0. The summed E-state index contributed by atoms with van der Waals surface area (Å²) in [6.07, 6.45) is 1.99. The molecule has 0 radical (unpaired) electrons. The Morgan fingerprint density at radius 1 is 1.32 bits per heavy atom. The second-order valence-electron chi connectivity index (χ2n) is 3.65. The van der Waals surface area contributed by atoms with E-state index in [1.807, 2.05) is 30.5 Å². The van der Waals surface area contributed by atoms with Gasteiger partial charge < -0.3 is 11.5 Å². The monoisotopic (exact) mass is 335 g/mol. The maximum Gasteiger partial charge on any atom is 0.222 e. The van der Waals surface area contributed by atoms with Crippen LogP contribution in [0.1, 0.15) is 5.56 Å². The van der Waals surface area contributed by atoms with Crippen LogP contribution in [-0.4, -0.2) is 16.2 Å². The number of anilines is 2. The van der Waals surface area contributed by atoms with Gasteiger partial charge in [0.15, 0.2) is 0 Å². The van der Waals surface area contributed by atoms with Crippen molar-refractivity contribution in [3.05, 3.63) is 28.2 Å². The van der Waals surface area contributed by atoms with Crippen LogP contribution in [-0.2, 0) is 0 Å². The number of aromatic nitrogens is 2. The van der Waals surface area contributed by atoms with E-state index in [1.165, 1.54) is 0 Å². The molecule has 0 bridgehead atoms. The average Bonchev–Trinajstić information content (AvgIpc) is 2.37. The molecule has 19 heavy (non-hydrogen) atoms. The first-order chi connectivity index (χ1) is 9.06. The number of nitrogen functional groups attached to an aromatic ring is 2. The highest BCUT2D eigenvalue weighted by Crippen LogP contribution is 2.32. The summed E-state index contributed by atoms with van der Waals surface area (Å²) in [7, 11) is 0. The van der Waals surface area contributed by atoms with E-state index < -0.39 is 0 Å². The molecule has 0 aliphatic heterocycles. The highest BCUT2D eigenvalue weighted by Gasteiger charge is 2.14. The summed E-state index contributed by atoms with van der Waals surface area (Å²) in [5, 5.41) is 9.15. The first kappa shape index (κ1) is 13.6. The summed E-state index contributed by atoms with van der Waals surface area (Å²) in [5.41, 5.74) is 12.7. The molecule has 5 nitrogen and oxygen atoms in total. The number of nitriles is 1. The molecule has 0 atom stereocenters. The van der Waals surface area contributed by atoms with Crippen LogP contribution in [0.3, 0.4) is 0 Å². The molecule has 0 spiro atoms. The molecule has 2 rings (SSSR count). The highest BCUT2D eigenvalue weighted by atomic mass is 79.9. The third-order valence-corrected chi connectivity index (χ3v) is 4.21. The molecule has 0 saturated carbocycles. The summed E-state index contributed by atoms with van der Waals surface area (Å²) in [6.45, 7) is 0. The number of nitrogens with zero attached hydrogens (tertiary/aromatic N) is 3. The standard InChI is InChI=1S/C12H10BrN5S/c1-19-9-3-2-6(4-8(9)13)10-7(5-14)11(15)18-12(16)17-10/h2-4H,1H3,(H4,15,16,17,18). The largest absolute Gasteiger partial charge is 0.382 e. The van der Waals surface area contributed by atoms with Gasteiger partial charge in [-0.1, -0.05) is 6.07 Å². The lowest BCUT2D eigenvalue weighted by atomic mass is 10.1. The average molecular weight is 336 g/mol. The van der Waals surface area contributed by atoms with Crippen LogP contribution in [0.15, 0.2) is 27.6 Å². The number of rotatable bonds is 2. The molecule has 0 aliphatic carbocycles.